The van der Waals surface area contributed by atoms with Crippen LogP contribution in [0.1, 0.15) is 0 Å². The molecule has 5 nitrogen and oxygen atoms in total. The fraction of sp³-hybridized carbons (Fsp3) is 0. The van der Waals surface area contributed by atoms with Crippen molar-refractivity contribution in [3.8, 4) is 0 Å². The number of hydrogen-bond donors (Lipinski definition) is 1. The second-order valence-electron chi connectivity index (χ2n) is 0.238. The van der Waals surface area contributed by atoms with Gasteiger partial charge in [-0.05, 0) is 0 Å². The molecule has 0 aliphatic carbocycles. The van der Waals surface area contributed by atoms with Crippen LogP contribution < -0.4 is 0 Å². The standard InChI is InChI=1S/BrH.HNO3.H2O/c;2-1(3)4;/h1H;(H,2,3,4);1H2. The average Bonchev–Trinajstić information content (AvgIpc) is 0.811. The number of nitrogens with zero attached hydrogens (tertiary/aromatic N) is 1. The van der Waals surface area contributed by atoms with Crippen molar-refractivity contribution in [3.63, 3.8) is 0 Å². The molecule has 0 saturated carbocycles. The van der Waals surface area contributed by atoms with E-state index >= 15 is 0 Å². The maximum atomic E-state index is 8.36. The van der Waals surface area contributed by atoms with Crippen LogP contribution in [0.25, 0.3) is 0 Å². The van der Waals surface area contributed by atoms with Gasteiger partial charge in [-0.15, -0.1) is 27.1 Å². The Morgan fingerprint density at radius 1 is 1.67 bits per heavy atom. The highest BCUT2D eigenvalue weighted by atomic mass is 79.9. The lowest BCUT2D eigenvalue weighted by Gasteiger charge is -1.56. The van der Waals surface area contributed by atoms with E-state index in [-0.39, 0.29) is 22.5 Å². The third-order valence-electron chi connectivity index (χ3n) is 0. The molecule has 0 aliphatic heterocycles. The zero-order valence-electron chi connectivity index (χ0n) is 2.62. The Kier molecular flexibility index (Phi) is 25.6. The summed E-state index contributed by atoms with van der Waals surface area (Å²) in [7, 11) is 0. The highest BCUT2D eigenvalue weighted by molar-refractivity contribution is 8.93. The van der Waals surface area contributed by atoms with Crippen molar-refractivity contribution >= 4 is 17.0 Å². The highest BCUT2D eigenvalue weighted by Gasteiger charge is 1.65. The molecule has 0 fully saturated rings. The summed E-state index contributed by atoms with van der Waals surface area (Å²) in [5.74, 6) is 0. The van der Waals surface area contributed by atoms with E-state index in [1.165, 1.54) is 0 Å². The van der Waals surface area contributed by atoms with Crippen LogP contribution in [0.4, 0.5) is 0 Å². The molecule has 0 aliphatic rings. The van der Waals surface area contributed by atoms with Crippen molar-refractivity contribution in [1.82, 2.24) is 0 Å². The molecule has 0 radical (unpaired) electrons. The van der Waals surface area contributed by atoms with Crippen LogP contribution in [-0.4, -0.2) is 15.8 Å². The van der Waals surface area contributed by atoms with Gasteiger partial charge in [-0.2, -0.15) is 0 Å². The fourth-order valence-corrected chi connectivity index (χ4v) is 0. The predicted octanol–water partition coefficient (Wildman–Crippen LogP) is -0.595. The van der Waals surface area contributed by atoms with Gasteiger partial charge in [0.05, 0.1) is 0 Å². The molecule has 0 bridgehead atoms. The smallest absolute Gasteiger partial charge is 0.291 e. The minimum absolute atomic E-state index is 0. The molecule has 0 spiro atoms. The topological polar surface area (TPSA) is 94.9 Å². The molecule has 6 heavy (non-hydrogen) atoms. The third kappa shape index (κ3) is 196. The summed E-state index contributed by atoms with van der Waals surface area (Å²) in [6, 6.07) is 0. The molecular formula is H4BrNO4. The van der Waals surface area contributed by atoms with E-state index in [1.54, 1.807) is 0 Å². The highest BCUT2D eigenvalue weighted by Crippen LogP contribution is 1.38. The van der Waals surface area contributed by atoms with Crippen molar-refractivity contribution in [1.29, 1.82) is 0 Å². The summed E-state index contributed by atoms with van der Waals surface area (Å²) in [4.78, 5) is 8.36. The Bertz CT molecular complexity index is 30.5. The molecule has 0 saturated heterocycles. The molecule has 0 rings (SSSR count). The van der Waals surface area contributed by atoms with E-state index < -0.39 is 5.09 Å². The van der Waals surface area contributed by atoms with Crippen LogP contribution in [0.3, 0.4) is 0 Å². The van der Waals surface area contributed by atoms with Crippen molar-refractivity contribution in [2.75, 3.05) is 0 Å². The second kappa shape index (κ2) is 8.82. The fourth-order valence-electron chi connectivity index (χ4n) is 0. The lowest BCUT2D eigenvalue weighted by molar-refractivity contribution is -0.742. The first-order chi connectivity index (χ1) is 1.73. The van der Waals surface area contributed by atoms with Gasteiger partial charge in [-0.3, -0.25) is 0 Å². The van der Waals surface area contributed by atoms with Gasteiger partial charge >= 0.3 is 0 Å². The molecule has 0 aromatic heterocycles. The first kappa shape index (κ1) is 17.4. The van der Waals surface area contributed by atoms with Crippen molar-refractivity contribution in [3.05, 3.63) is 10.1 Å². The molecule has 0 amide bonds. The first-order valence-electron chi connectivity index (χ1n) is 0.565. The summed E-state index contributed by atoms with van der Waals surface area (Å²) in [6.45, 7) is 0. The van der Waals surface area contributed by atoms with Crippen LogP contribution in [0.2, 0.25) is 0 Å². The Hall–Kier alpha value is -0.360. The van der Waals surface area contributed by atoms with E-state index in [0.717, 1.165) is 0 Å². The van der Waals surface area contributed by atoms with Gasteiger partial charge in [0.25, 0.3) is 5.09 Å². The monoisotopic (exact) mass is 161 g/mol. The van der Waals surface area contributed by atoms with E-state index in [0.29, 0.717) is 0 Å². The molecule has 0 aromatic carbocycles. The van der Waals surface area contributed by atoms with Gasteiger partial charge in [-0.25, -0.2) is 0 Å². The quantitative estimate of drug-likeness (QED) is 0.380. The van der Waals surface area contributed by atoms with E-state index in [1.807, 2.05) is 0 Å². The van der Waals surface area contributed by atoms with Gasteiger partial charge < -0.3 is 10.7 Å². The largest absolute Gasteiger partial charge is 0.412 e. The molecule has 0 heterocycles. The Morgan fingerprint density at radius 3 is 1.67 bits per heavy atom. The number of rotatable bonds is 0. The van der Waals surface area contributed by atoms with Crippen LogP contribution >= 0.6 is 17.0 Å². The van der Waals surface area contributed by atoms with Gasteiger partial charge in [-0.1, -0.05) is 0 Å². The summed E-state index contributed by atoms with van der Waals surface area (Å²) in [6.07, 6.45) is 0. The zero-order valence-corrected chi connectivity index (χ0v) is 4.33. The van der Waals surface area contributed by atoms with Gasteiger partial charge in [0, 0.05) is 0 Å². The molecule has 0 atom stereocenters. The SMILES string of the molecule is Br.O.O=[N+]([O-])O. The zero-order chi connectivity index (χ0) is 3.58. The molecule has 6 heteroatoms. The Labute approximate surface area is 43.8 Å². The van der Waals surface area contributed by atoms with Gasteiger partial charge in [0.1, 0.15) is 0 Å². The van der Waals surface area contributed by atoms with E-state index in [4.69, 9.17) is 15.3 Å². The minimum Gasteiger partial charge on any atom is -0.412 e. The third-order valence-corrected chi connectivity index (χ3v) is 0. The summed E-state index contributed by atoms with van der Waals surface area (Å²) < 4.78 is 0. The normalized spacial score (nSPS) is 4.00. The van der Waals surface area contributed by atoms with Crippen molar-refractivity contribution < 1.29 is 15.8 Å². The summed E-state index contributed by atoms with van der Waals surface area (Å²) in [5.41, 5.74) is 0. The lowest BCUT2D eigenvalue weighted by atomic mass is 13.1. The number of halogens is 1. The van der Waals surface area contributed by atoms with E-state index in [2.05, 4.69) is 0 Å². The Morgan fingerprint density at radius 2 is 1.67 bits per heavy atom. The molecule has 40 valence electrons. The van der Waals surface area contributed by atoms with Crippen LogP contribution in [0, 0.1) is 10.1 Å². The van der Waals surface area contributed by atoms with Crippen molar-refractivity contribution in [2.24, 2.45) is 0 Å². The molecule has 3 N–H and O–H groups in total. The Balaban J connectivity index is -0.0000000450. The van der Waals surface area contributed by atoms with Crippen LogP contribution in [-0.2, 0) is 0 Å². The average molecular weight is 162 g/mol. The maximum absolute atomic E-state index is 8.36. The maximum Gasteiger partial charge on any atom is 0.291 e. The van der Waals surface area contributed by atoms with Crippen LogP contribution in [0.5, 0.6) is 0 Å². The van der Waals surface area contributed by atoms with Crippen LogP contribution in [0.15, 0.2) is 0 Å². The summed E-state index contributed by atoms with van der Waals surface area (Å²) >= 11 is 0. The predicted molar refractivity (Wildman–Crippen MR) is 22.7 cm³/mol. The second-order valence-corrected chi connectivity index (χ2v) is 0.238. The van der Waals surface area contributed by atoms with Crippen molar-refractivity contribution in [2.45, 2.75) is 0 Å². The molecule has 0 aromatic rings. The minimum atomic E-state index is -1.50. The van der Waals surface area contributed by atoms with Gasteiger partial charge in [0.2, 0.25) is 0 Å². The first-order valence-corrected chi connectivity index (χ1v) is 0.565. The lowest BCUT2D eigenvalue weighted by Crippen LogP contribution is -1.81. The number of hydrogen-bond acceptors (Lipinski definition) is 2. The van der Waals surface area contributed by atoms with Gasteiger partial charge in [0.15, 0.2) is 0 Å². The molecule has 0 unspecified atom stereocenters. The van der Waals surface area contributed by atoms with E-state index in [9.17, 15) is 0 Å². The summed E-state index contributed by atoms with van der Waals surface area (Å²) in [5, 5.41) is 13.6. The molecular weight excluding hydrogens is 158 g/mol.